The lowest BCUT2D eigenvalue weighted by Gasteiger charge is -2.02. The van der Waals surface area contributed by atoms with Crippen LogP contribution in [0.3, 0.4) is 0 Å². The Morgan fingerprint density at radius 1 is 1.88 bits per heavy atom. The largest absolute Gasteiger partial charge is 0.480 e. The molecule has 2 heteroatoms. The summed E-state index contributed by atoms with van der Waals surface area (Å²) < 4.78 is 5.15. The lowest BCUT2D eigenvalue weighted by atomic mass is 10.5. The zero-order chi connectivity index (χ0) is 5.82. The van der Waals surface area contributed by atoms with Crippen LogP contribution in [0.5, 0.6) is 0 Å². The predicted octanol–water partition coefficient (Wildman–Crippen LogP) is 0.858. The lowest BCUT2D eigenvalue weighted by Crippen LogP contribution is -2.09. The summed E-state index contributed by atoms with van der Waals surface area (Å²) >= 11 is 0. The molecule has 0 amide bonds. The van der Waals surface area contributed by atoms with Crippen molar-refractivity contribution in [3.05, 3.63) is 12.0 Å². The van der Waals surface area contributed by atoms with E-state index < -0.39 is 0 Å². The summed E-state index contributed by atoms with van der Waals surface area (Å²) in [5.41, 5.74) is 0. The third kappa shape index (κ3) is 1.15. The Hall–Kier alpha value is -0.660. The van der Waals surface area contributed by atoms with E-state index in [2.05, 4.69) is 11.4 Å². The molecule has 0 saturated carbocycles. The van der Waals surface area contributed by atoms with Crippen molar-refractivity contribution in [1.82, 2.24) is 5.32 Å². The van der Waals surface area contributed by atoms with Crippen molar-refractivity contribution in [3.63, 3.8) is 0 Å². The van der Waals surface area contributed by atoms with Crippen LogP contribution in [0.4, 0.5) is 0 Å². The van der Waals surface area contributed by atoms with Crippen LogP contribution >= 0.6 is 0 Å². The number of ether oxygens (including phenoxy) is 1. The first-order valence-corrected chi connectivity index (χ1v) is 3.00. The molecule has 0 unspecified atom stereocenters. The molecular formula is C6H11NO. The van der Waals surface area contributed by atoms with Gasteiger partial charge in [0.05, 0.1) is 6.61 Å². The van der Waals surface area contributed by atoms with Crippen LogP contribution < -0.4 is 5.32 Å². The van der Waals surface area contributed by atoms with Crippen molar-refractivity contribution in [2.24, 2.45) is 0 Å². The van der Waals surface area contributed by atoms with Gasteiger partial charge in [0, 0.05) is 6.54 Å². The minimum atomic E-state index is 0.763. The van der Waals surface area contributed by atoms with E-state index in [9.17, 15) is 0 Å². The fourth-order valence-corrected chi connectivity index (χ4v) is 0.736. The van der Waals surface area contributed by atoms with E-state index in [1.165, 1.54) is 0 Å². The quantitative estimate of drug-likeness (QED) is 0.573. The molecule has 46 valence electrons. The van der Waals surface area contributed by atoms with E-state index in [-0.39, 0.29) is 0 Å². The Kier molecular flexibility index (Phi) is 1.78. The average Bonchev–Trinajstić information content (AvgIpc) is 2.19. The molecule has 0 bridgehead atoms. The van der Waals surface area contributed by atoms with Crippen molar-refractivity contribution in [2.45, 2.75) is 13.3 Å². The number of nitrogens with one attached hydrogen (secondary N) is 1. The van der Waals surface area contributed by atoms with Crippen LogP contribution in [0.1, 0.15) is 13.3 Å². The first-order chi connectivity index (χ1) is 3.93. The number of hydrogen-bond acceptors (Lipinski definition) is 2. The van der Waals surface area contributed by atoms with E-state index >= 15 is 0 Å². The highest BCUT2D eigenvalue weighted by atomic mass is 16.5. The molecule has 0 atom stereocenters. The Balaban J connectivity index is 2.23. The van der Waals surface area contributed by atoms with Crippen molar-refractivity contribution >= 4 is 0 Å². The van der Waals surface area contributed by atoms with Crippen LogP contribution in [0.25, 0.3) is 0 Å². The summed E-state index contributed by atoms with van der Waals surface area (Å²) in [7, 11) is 0. The SMILES string of the molecule is CCOC1=CCCN1. The van der Waals surface area contributed by atoms with Gasteiger partial charge in [-0.1, -0.05) is 0 Å². The van der Waals surface area contributed by atoms with Gasteiger partial charge in [-0.05, 0) is 19.4 Å². The van der Waals surface area contributed by atoms with E-state index in [1.807, 2.05) is 6.92 Å². The van der Waals surface area contributed by atoms with Gasteiger partial charge in [-0.15, -0.1) is 0 Å². The molecule has 0 fully saturated rings. The van der Waals surface area contributed by atoms with E-state index in [0.717, 1.165) is 25.5 Å². The molecule has 0 aromatic rings. The molecule has 0 aromatic carbocycles. The fraction of sp³-hybridized carbons (Fsp3) is 0.667. The van der Waals surface area contributed by atoms with Gasteiger partial charge in [-0.2, -0.15) is 0 Å². The van der Waals surface area contributed by atoms with Crippen molar-refractivity contribution in [3.8, 4) is 0 Å². The van der Waals surface area contributed by atoms with Crippen molar-refractivity contribution in [1.29, 1.82) is 0 Å². The monoisotopic (exact) mass is 113 g/mol. The molecule has 2 nitrogen and oxygen atoms in total. The second kappa shape index (κ2) is 2.60. The number of rotatable bonds is 2. The smallest absolute Gasteiger partial charge is 0.182 e. The molecule has 1 rings (SSSR count). The summed E-state index contributed by atoms with van der Waals surface area (Å²) in [5, 5.41) is 3.10. The first kappa shape index (κ1) is 5.48. The minimum Gasteiger partial charge on any atom is -0.480 e. The van der Waals surface area contributed by atoms with Crippen LogP contribution in [-0.2, 0) is 4.74 Å². The molecule has 0 aliphatic carbocycles. The zero-order valence-electron chi connectivity index (χ0n) is 5.11. The van der Waals surface area contributed by atoms with Crippen molar-refractivity contribution < 1.29 is 4.74 Å². The van der Waals surface area contributed by atoms with Gasteiger partial charge in [-0.25, -0.2) is 0 Å². The standard InChI is InChI=1S/C6H11NO/c1-2-8-6-4-3-5-7-6/h4,7H,2-3,5H2,1H3. The molecular weight excluding hydrogens is 102 g/mol. The maximum absolute atomic E-state index is 5.15. The highest BCUT2D eigenvalue weighted by Gasteiger charge is 2.00. The second-order valence-electron chi connectivity index (χ2n) is 1.72. The van der Waals surface area contributed by atoms with Crippen molar-refractivity contribution in [2.75, 3.05) is 13.2 Å². The molecule has 1 N–H and O–H groups in total. The summed E-state index contributed by atoms with van der Waals surface area (Å²) in [6.07, 6.45) is 3.18. The second-order valence-corrected chi connectivity index (χ2v) is 1.72. The van der Waals surface area contributed by atoms with Gasteiger partial charge in [0.2, 0.25) is 0 Å². The zero-order valence-corrected chi connectivity index (χ0v) is 5.11. The van der Waals surface area contributed by atoms with Gasteiger partial charge in [0.1, 0.15) is 0 Å². The minimum absolute atomic E-state index is 0.763. The Morgan fingerprint density at radius 2 is 2.75 bits per heavy atom. The van der Waals surface area contributed by atoms with Gasteiger partial charge >= 0.3 is 0 Å². The predicted molar refractivity (Wildman–Crippen MR) is 32.3 cm³/mol. The molecule has 1 aliphatic rings. The molecule has 0 spiro atoms. The Morgan fingerprint density at radius 3 is 3.25 bits per heavy atom. The molecule has 0 radical (unpaired) electrons. The summed E-state index contributed by atoms with van der Waals surface area (Å²) in [5.74, 6) is 0.951. The van der Waals surface area contributed by atoms with E-state index in [0.29, 0.717) is 0 Å². The Labute approximate surface area is 49.5 Å². The van der Waals surface area contributed by atoms with Crippen LogP contribution in [0, 0.1) is 0 Å². The lowest BCUT2D eigenvalue weighted by molar-refractivity contribution is 0.212. The van der Waals surface area contributed by atoms with E-state index in [1.54, 1.807) is 0 Å². The Bertz CT molecular complexity index is 98.7. The highest BCUT2D eigenvalue weighted by Crippen LogP contribution is 2.00. The number of hydrogen-bond donors (Lipinski definition) is 1. The third-order valence-corrected chi connectivity index (χ3v) is 1.07. The summed E-state index contributed by atoms with van der Waals surface area (Å²) in [6.45, 7) is 3.79. The average molecular weight is 113 g/mol. The molecule has 0 saturated heterocycles. The van der Waals surface area contributed by atoms with E-state index in [4.69, 9.17) is 4.74 Å². The molecule has 8 heavy (non-hydrogen) atoms. The summed E-state index contributed by atoms with van der Waals surface area (Å²) in [4.78, 5) is 0. The van der Waals surface area contributed by atoms with Gasteiger partial charge in [0.25, 0.3) is 0 Å². The topological polar surface area (TPSA) is 21.3 Å². The van der Waals surface area contributed by atoms with Crippen LogP contribution in [0.15, 0.2) is 12.0 Å². The first-order valence-electron chi connectivity index (χ1n) is 3.00. The highest BCUT2D eigenvalue weighted by molar-refractivity contribution is 4.97. The summed E-state index contributed by atoms with van der Waals surface area (Å²) in [6, 6.07) is 0. The molecule has 0 aromatic heterocycles. The van der Waals surface area contributed by atoms with Crippen LogP contribution in [-0.4, -0.2) is 13.2 Å². The normalized spacial score (nSPS) is 17.4. The van der Waals surface area contributed by atoms with Crippen LogP contribution in [0.2, 0.25) is 0 Å². The maximum atomic E-state index is 5.15. The fourth-order valence-electron chi connectivity index (χ4n) is 0.736. The van der Waals surface area contributed by atoms with Gasteiger partial charge in [0.15, 0.2) is 5.88 Å². The van der Waals surface area contributed by atoms with Gasteiger partial charge < -0.3 is 10.1 Å². The molecule has 1 heterocycles. The maximum Gasteiger partial charge on any atom is 0.182 e. The third-order valence-electron chi connectivity index (χ3n) is 1.07. The van der Waals surface area contributed by atoms with Gasteiger partial charge in [-0.3, -0.25) is 0 Å². The molecule has 1 aliphatic heterocycles.